The van der Waals surface area contributed by atoms with Crippen molar-refractivity contribution in [1.29, 1.82) is 5.26 Å². The normalized spacial score (nSPS) is 9.50. The summed E-state index contributed by atoms with van der Waals surface area (Å²) >= 11 is 0. The lowest BCUT2D eigenvalue weighted by Gasteiger charge is -2.01. The molecule has 0 atom stereocenters. The first-order valence-electron chi connectivity index (χ1n) is 4.77. The number of hydrogen-bond acceptors (Lipinski definition) is 4. The molecule has 1 rings (SSSR count). The maximum Gasteiger partial charge on any atom is 0.270 e. The molecular formula is C11H10N2O3. The monoisotopic (exact) mass is 218 g/mol. The van der Waals surface area contributed by atoms with Gasteiger partial charge in [-0.15, -0.1) is 0 Å². The van der Waals surface area contributed by atoms with Crippen molar-refractivity contribution in [3.63, 3.8) is 0 Å². The first-order chi connectivity index (χ1) is 7.58. The van der Waals surface area contributed by atoms with Crippen LogP contribution in [0.2, 0.25) is 0 Å². The smallest absolute Gasteiger partial charge is 0.270 e. The summed E-state index contributed by atoms with van der Waals surface area (Å²) in [6.45, 7) is 1.74. The molecule has 5 heteroatoms. The van der Waals surface area contributed by atoms with E-state index in [0.29, 0.717) is 12.0 Å². The summed E-state index contributed by atoms with van der Waals surface area (Å²) < 4.78 is 0. The number of rotatable bonds is 4. The van der Waals surface area contributed by atoms with Crippen LogP contribution in [0.1, 0.15) is 24.5 Å². The Hall–Kier alpha value is -2.22. The van der Waals surface area contributed by atoms with Gasteiger partial charge in [0.05, 0.1) is 16.6 Å². The Bertz CT molecular complexity index is 475. The van der Waals surface area contributed by atoms with Crippen LogP contribution in [0, 0.1) is 21.4 Å². The van der Waals surface area contributed by atoms with E-state index in [1.54, 1.807) is 6.92 Å². The second-order valence-corrected chi connectivity index (χ2v) is 3.28. The van der Waals surface area contributed by atoms with Gasteiger partial charge in [-0.3, -0.25) is 14.9 Å². The quantitative estimate of drug-likeness (QED) is 0.571. The van der Waals surface area contributed by atoms with Crippen LogP contribution in [-0.2, 0) is 11.2 Å². The standard InChI is InChI=1S/C11H10N2O3/c1-2-11(14)6-8-3-4-10(13(15)16)5-9(8)7-12/h3-5H,2,6H2,1H3. The van der Waals surface area contributed by atoms with Crippen molar-refractivity contribution in [2.75, 3.05) is 0 Å². The highest BCUT2D eigenvalue weighted by molar-refractivity contribution is 5.81. The molecule has 16 heavy (non-hydrogen) atoms. The summed E-state index contributed by atoms with van der Waals surface area (Å²) in [7, 11) is 0. The topological polar surface area (TPSA) is 84.0 Å². The van der Waals surface area contributed by atoms with E-state index in [0.717, 1.165) is 0 Å². The van der Waals surface area contributed by atoms with Gasteiger partial charge in [-0.1, -0.05) is 13.0 Å². The summed E-state index contributed by atoms with van der Waals surface area (Å²) in [6.07, 6.45) is 0.541. The number of carbonyl (C=O) groups is 1. The predicted molar refractivity (Wildman–Crippen MR) is 56.8 cm³/mol. The summed E-state index contributed by atoms with van der Waals surface area (Å²) in [5.41, 5.74) is 0.597. The van der Waals surface area contributed by atoms with Gasteiger partial charge in [0.25, 0.3) is 5.69 Å². The molecule has 0 aliphatic rings. The average Bonchev–Trinajstić information content (AvgIpc) is 2.29. The van der Waals surface area contributed by atoms with Gasteiger partial charge in [0.2, 0.25) is 0 Å². The number of nitrogens with zero attached hydrogens (tertiary/aromatic N) is 2. The van der Waals surface area contributed by atoms with E-state index in [-0.39, 0.29) is 23.5 Å². The highest BCUT2D eigenvalue weighted by Crippen LogP contribution is 2.18. The van der Waals surface area contributed by atoms with E-state index in [4.69, 9.17) is 5.26 Å². The van der Waals surface area contributed by atoms with Crippen molar-refractivity contribution in [2.45, 2.75) is 19.8 Å². The zero-order chi connectivity index (χ0) is 12.1. The number of benzene rings is 1. The Morgan fingerprint density at radius 1 is 1.56 bits per heavy atom. The van der Waals surface area contributed by atoms with Gasteiger partial charge >= 0.3 is 0 Å². The second-order valence-electron chi connectivity index (χ2n) is 3.28. The number of nitro benzene ring substituents is 1. The molecule has 0 radical (unpaired) electrons. The predicted octanol–water partition coefficient (Wildman–Crippen LogP) is 1.99. The molecule has 0 fully saturated rings. The van der Waals surface area contributed by atoms with Gasteiger partial charge in [0, 0.05) is 25.0 Å². The Labute approximate surface area is 92.5 Å². The van der Waals surface area contributed by atoms with Crippen LogP contribution >= 0.6 is 0 Å². The molecule has 1 aromatic carbocycles. The van der Waals surface area contributed by atoms with Crippen molar-refractivity contribution >= 4 is 11.5 Å². The third kappa shape index (κ3) is 2.64. The molecule has 0 N–H and O–H groups in total. The van der Waals surface area contributed by atoms with Crippen LogP contribution in [0.3, 0.4) is 0 Å². The molecule has 0 amide bonds. The van der Waals surface area contributed by atoms with Crippen molar-refractivity contribution in [2.24, 2.45) is 0 Å². The third-order valence-electron chi connectivity index (χ3n) is 2.21. The minimum Gasteiger partial charge on any atom is -0.299 e. The lowest BCUT2D eigenvalue weighted by atomic mass is 10.0. The highest BCUT2D eigenvalue weighted by Gasteiger charge is 2.12. The van der Waals surface area contributed by atoms with Gasteiger partial charge in [-0.25, -0.2) is 0 Å². The number of non-ortho nitro benzene ring substituents is 1. The summed E-state index contributed by atoms with van der Waals surface area (Å²) in [6, 6.07) is 5.82. The lowest BCUT2D eigenvalue weighted by Crippen LogP contribution is -2.03. The van der Waals surface area contributed by atoms with Crippen LogP contribution in [0.4, 0.5) is 5.69 Å². The molecule has 0 aliphatic heterocycles. The number of Topliss-reactive ketones (excluding diaryl/α,β-unsaturated/α-hetero) is 1. The minimum absolute atomic E-state index is 0.00496. The van der Waals surface area contributed by atoms with Crippen LogP contribution in [0.25, 0.3) is 0 Å². The average molecular weight is 218 g/mol. The molecule has 1 aromatic rings. The Morgan fingerprint density at radius 2 is 2.25 bits per heavy atom. The molecule has 0 aromatic heterocycles. The first-order valence-corrected chi connectivity index (χ1v) is 4.77. The highest BCUT2D eigenvalue weighted by atomic mass is 16.6. The Kier molecular flexibility index (Phi) is 3.72. The maximum atomic E-state index is 11.2. The largest absolute Gasteiger partial charge is 0.299 e. The molecule has 5 nitrogen and oxygen atoms in total. The van der Waals surface area contributed by atoms with E-state index in [1.165, 1.54) is 18.2 Å². The van der Waals surface area contributed by atoms with Crippen LogP contribution in [0.15, 0.2) is 18.2 Å². The van der Waals surface area contributed by atoms with Gasteiger partial charge < -0.3 is 0 Å². The maximum absolute atomic E-state index is 11.2. The molecule has 0 aliphatic carbocycles. The zero-order valence-electron chi connectivity index (χ0n) is 8.77. The van der Waals surface area contributed by atoms with Crippen molar-refractivity contribution < 1.29 is 9.72 Å². The van der Waals surface area contributed by atoms with Crippen molar-refractivity contribution in [3.05, 3.63) is 39.4 Å². The Morgan fingerprint density at radius 3 is 2.75 bits per heavy atom. The molecule has 0 unspecified atom stereocenters. The molecule has 0 heterocycles. The van der Waals surface area contributed by atoms with Crippen molar-refractivity contribution in [3.8, 4) is 6.07 Å². The SMILES string of the molecule is CCC(=O)Cc1ccc([N+](=O)[O-])cc1C#N. The Balaban J connectivity index is 3.08. The molecule has 0 bridgehead atoms. The fraction of sp³-hybridized carbons (Fsp3) is 0.273. The zero-order valence-corrected chi connectivity index (χ0v) is 8.77. The summed E-state index contributed by atoms with van der Waals surface area (Å²) in [5.74, 6) is 0.00496. The van der Waals surface area contributed by atoms with E-state index in [1.807, 2.05) is 6.07 Å². The van der Waals surface area contributed by atoms with Gasteiger partial charge in [0.15, 0.2) is 0 Å². The summed E-state index contributed by atoms with van der Waals surface area (Å²) in [4.78, 5) is 21.1. The number of ketones is 1. The molecule has 0 spiro atoms. The van der Waals surface area contributed by atoms with Crippen molar-refractivity contribution in [1.82, 2.24) is 0 Å². The lowest BCUT2D eigenvalue weighted by molar-refractivity contribution is -0.384. The van der Waals surface area contributed by atoms with E-state index in [9.17, 15) is 14.9 Å². The van der Waals surface area contributed by atoms with E-state index in [2.05, 4.69) is 0 Å². The van der Waals surface area contributed by atoms with E-state index < -0.39 is 4.92 Å². The van der Waals surface area contributed by atoms with Gasteiger partial charge in [-0.05, 0) is 5.56 Å². The second kappa shape index (κ2) is 5.03. The van der Waals surface area contributed by atoms with Crippen LogP contribution in [0.5, 0.6) is 0 Å². The number of nitriles is 1. The van der Waals surface area contributed by atoms with Gasteiger partial charge in [-0.2, -0.15) is 5.26 Å². The molecule has 82 valence electrons. The number of nitro groups is 1. The molecule has 0 saturated carbocycles. The number of hydrogen-bond donors (Lipinski definition) is 0. The van der Waals surface area contributed by atoms with Crippen LogP contribution in [-0.4, -0.2) is 10.7 Å². The van der Waals surface area contributed by atoms with E-state index >= 15 is 0 Å². The first kappa shape index (κ1) is 11.9. The molecule has 0 saturated heterocycles. The fourth-order valence-corrected chi connectivity index (χ4v) is 1.27. The molecular weight excluding hydrogens is 208 g/mol. The fourth-order valence-electron chi connectivity index (χ4n) is 1.27. The minimum atomic E-state index is -0.563. The number of carbonyl (C=O) groups excluding carboxylic acids is 1. The van der Waals surface area contributed by atoms with Crippen LogP contribution < -0.4 is 0 Å². The van der Waals surface area contributed by atoms with Gasteiger partial charge in [0.1, 0.15) is 5.78 Å². The summed E-state index contributed by atoms with van der Waals surface area (Å²) in [5, 5.41) is 19.3. The third-order valence-corrected chi connectivity index (χ3v) is 2.21.